The van der Waals surface area contributed by atoms with Crippen molar-refractivity contribution in [3.8, 4) is 0 Å². The van der Waals surface area contributed by atoms with Gasteiger partial charge in [-0.2, -0.15) is 18.4 Å². The molecule has 0 unspecified atom stereocenters. The number of H-pyrrole nitrogens is 1. The van der Waals surface area contributed by atoms with Crippen molar-refractivity contribution < 1.29 is 22.8 Å². The minimum absolute atomic E-state index is 0.00688. The normalized spacial score (nSPS) is 20.3. The van der Waals surface area contributed by atoms with Crippen molar-refractivity contribution in [2.45, 2.75) is 56.3 Å². The SMILES string of the molecule is O=C(CNC(=O)c1cccc(C(F)(F)F)c1)NC1CN([C@H]2CC[C@@H](c3ccc(Cc4nn[nH]n4)cc3)CC2)C1. The number of alkyl halides is 3. The Balaban J connectivity index is 0.999. The molecule has 1 aliphatic carbocycles. The number of hydrogen-bond acceptors (Lipinski definition) is 6. The molecule has 3 aromatic rings. The molecule has 2 heterocycles. The Bertz CT molecular complexity index is 1270. The molecular formula is C27H30F3N7O2. The van der Waals surface area contributed by atoms with Crippen LogP contribution < -0.4 is 10.6 Å². The van der Waals surface area contributed by atoms with E-state index < -0.39 is 17.6 Å². The van der Waals surface area contributed by atoms with Crippen LogP contribution in [-0.4, -0.2) is 69.1 Å². The highest BCUT2D eigenvalue weighted by atomic mass is 19.4. The smallest absolute Gasteiger partial charge is 0.349 e. The molecule has 1 aromatic heterocycles. The molecule has 12 heteroatoms. The summed E-state index contributed by atoms with van der Waals surface area (Å²) in [4.78, 5) is 26.8. The second-order valence-electron chi connectivity index (χ2n) is 10.2. The number of rotatable bonds is 8. The molecule has 3 N–H and O–H groups in total. The van der Waals surface area contributed by atoms with Crippen LogP contribution in [0, 0.1) is 0 Å². The van der Waals surface area contributed by atoms with E-state index in [0.29, 0.717) is 24.2 Å². The molecule has 1 aliphatic heterocycles. The summed E-state index contributed by atoms with van der Waals surface area (Å²) in [7, 11) is 0. The number of carbonyl (C=O) groups is 2. The van der Waals surface area contributed by atoms with Gasteiger partial charge in [-0.3, -0.25) is 14.5 Å². The maximum Gasteiger partial charge on any atom is 0.416 e. The number of halogens is 3. The topological polar surface area (TPSA) is 116 Å². The molecule has 2 amide bonds. The molecule has 0 spiro atoms. The summed E-state index contributed by atoms with van der Waals surface area (Å²) in [5.74, 6) is 0.140. The van der Waals surface area contributed by atoms with Crippen LogP contribution in [0.1, 0.15) is 64.5 Å². The lowest BCUT2D eigenvalue weighted by atomic mass is 9.80. The van der Waals surface area contributed by atoms with Crippen molar-refractivity contribution in [1.29, 1.82) is 0 Å². The van der Waals surface area contributed by atoms with Gasteiger partial charge < -0.3 is 10.6 Å². The number of benzene rings is 2. The molecule has 1 saturated heterocycles. The fourth-order valence-corrected chi connectivity index (χ4v) is 5.40. The number of aromatic nitrogens is 4. The third-order valence-electron chi connectivity index (χ3n) is 7.55. The van der Waals surface area contributed by atoms with Crippen LogP contribution in [0.3, 0.4) is 0 Å². The summed E-state index contributed by atoms with van der Waals surface area (Å²) in [5, 5.41) is 19.3. The molecule has 206 valence electrons. The number of carbonyl (C=O) groups excluding carboxylic acids is 2. The fraction of sp³-hybridized carbons (Fsp3) is 0.444. The van der Waals surface area contributed by atoms with Gasteiger partial charge in [-0.15, -0.1) is 10.2 Å². The van der Waals surface area contributed by atoms with Gasteiger partial charge >= 0.3 is 6.18 Å². The van der Waals surface area contributed by atoms with Gasteiger partial charge in [0.2, 0.25) is 5.91 Å². The van der Waals surface area contributed by atoms with Crippen molar-refractivity contribution in [2.75, 3.05) is 19.6 Å². The zero-order valence-electron chi connectivity index (χ0n) is 21.2. The minimum atomic E-state index is -4.54. The Kier molecular flexibility index (Phi) is 7.92. The summed E-state index contributed by atoms with van der Waals surface area (Å²) in [5.41, 5.74) is 1.46. The number of likely N-dealkylation sites (tertiary alicyclic amines) is 1. The zero-order valence-corrected chi connectivity index (χ0v) is 21.2. The fourth-order valence-electron chi connectivity index (χ4n) is 5.40. The summed E-state index contributed by atoms with van der Waals surface area (Å²) in [6, 6.07) is 13.3. The number of nitrogens with zero attached hydrogens (tertiary/aromatic N) is 4. The Morgan fingerprint density at radius 3 is 2.44 bits per heavy atom. The monoisotopic (exact) mass is 541 g/mol. The average Bonchev–Trinajstić information content (AvgIpc) is 3.42. The molecule has 0 atom stereocenters. The van der Waals surface area contributed by atoms with E-state index in [-0.39, 0.29) is 24.1 Å². The van der Waals surface area contributed by atoms with Crippen molar-refractivity contribution in [3.63, 3.8) is 0 Å². The van der Waals surface area contributed by atoms with E-state index in [0.717, 1.165) is 56.5 Å². The van der Waals surface area contributed by atoms with Crippen LogP contribution in [0.2, 0.25) is 0 Å². The van der Waals surface area contributed by atoms with Crippen molar-refractivity contribution in [2.24, 2.45) is 0 Å². The van der Waals surface area contributed by atoms with Gasteiger partial charge in [0.15, 0.2) is 5.82 Å². The average molecular weight is 542 g/mol. The predicted molar refractivity (Wildman–Crippen MR) is 136 cm³/mol. The lowest BCUT2D eigenvalue weighted by Crippen LogP contribution is -2.63. The van der Waals surface area contributed by atoms with Gasteiger partial charge in [0.25, 0.3) is 5.91 Å². The molecule has 2 aromatic carbocycles. The van der Waals surface area contributed by atoms with Gasteiger partial charge in [-0.05, 0) is 60.9 Å². The lowest BCUT2D eigenvalue weighted by Gasteiger charge is -2.46. The van der Waals surface area contributed by atoms with Gasteiger partial charge in [0.1, 0.15) is 0 Å². The first kappa shape index (κ1) is 26.8. The maximum atomic E-state index is 12.9. The number of amides is 2. The molecule has 0 bridgehead atoms. The number of tetrazole rings is 1. The number of nitrogens with one attached hydrogen (secondary N) is 3. The first-order valence-electron chi connectivity index (χ1n) is 13.0. The van der Waals surface area contributed by atoms with E-state index >= 15 is 0 Å². The maximum absolute atomic E-state index is 12.9. The summed E-state index contributed by atoms with van der Waals surface area (Å²) in [6.45, 7) is 1.23. The molecular weight excluding hydrogens is 511 g/mol. The largest absolute Gasteiger partial charge is 0.416 e. The Hall–Kier alpha value is -3.80. The summed E-state index contributed by atoms with van der Waals surface area (Å²) < 4.78 is 38.6. The highest BCUT2D eigenvalue weighted by Crippen LogP contribution is 2.36. The number of aromatic amines is 1. The standard InChI is InChI=1S/C27H30F3N7O2/c28-27(29,30)21-3-1-2-20(13-21)26(39)31-14-25(38)32-22-15-37(16-22)23-10-8-19(9-11-23)18-6-4-17(5-7-18)12-24-33-35-36-34-24/h1-7,13,19,22-23H,8-12,14-16H2,(H,31,39)(H,32,38)(H,33,34,35,36)/t19-,23+. The Morgan fingerprint density at radius 1 is 1.03 bits per heavy atom. The van der Waals surface area contributed by atoms with E-state index in [1.807, 2.05) is 0 Å². The lowest BCUT2D eigenvalue weighted by molar-refractivity contribution is -0.137. The van der Waals surface area contributed by atoms with Crippen LogP contribution in [0.15, 0.2) is 48.5 Å². The second-order valence-corrected chi connectivity index (χ2v) is 10.2. The van der Waals surface area contributed by atoms with Crippen LogP contribution in [0.25, 0.3) is 0 Å². The first-order valence-corrected chi connectivity index (χ1v) is 13.0. The van der Waals surface area contributed by atoms with Crippen molar-refractivity contribution >= 4 is 11.8 Å². The summed E-state index contributed by atoms with van der Waals surface area (Å²) >= 11 is 0. The Labute approximate surface area is 223 Å². The van der Waals surface area contributed by atoms with Crippen LogP contribution >= 0.6 is 0 Å². The Morgan fingerprint density at radius 2 is 1.77 bits per heavy atom. The minimum Gasteiger partial charge on any atom is -0.349 e. The van der Waals surface area contributed by atoms with Crippen LogP contribution in [0.5, 0.6) is 0 Å². The van der Waals surface area contributed by atoms with Crippen LogP contribution in [-0.2, 0) is 17.4 Å². The summed E-state index contributed by atoms with van der Waals surface area (Å²) in [6.07, 6.45) is 0.546. The molecule has 2 aliphatic rings. The molecule has 2 fully saturated rings. The number of hydrogen-bond donors (Lipinski definition) is 3. The third kappa shape index (κ3) is 6.80. The van der Waals surface area contributed by atoms with E-state index in [2.05, 4.69) is 60.4 Å². The molecule has 5 rings (SSSR count). The molecule has 0 radical (unpaired) electrons. The van der Waals surface area contributed by atoms with Crippen LogP contribution in [0.4, 0.5) is 13.2 Å². The zero-order chi connectivity index (χ0) is 27.4. The van der Waals surface area contributed by atoms with E-state index in [9.17, 15) is 22.8 Å². The van der Waals surface area contributed by atoms with Gasteiger partial charge in [0.05, 0.1) is 18.2 Å². The third-order valence-corrected chi connectivity index (χ3v) is 7.55. The van der Waals surface area contributed by atoms with Gasteiger partial charge in [0, 0.05) is 31.1 Å². The van der Waals surface area contributed by atoms with Gasteiger partial charge in [-0.25, -0.2) is 0 Å². The van der Waals surface area contributed by atoms with Crippen molar-refractivity contribution in [3.05, 3.63) is 76.6 Å². The molecule has 39 heavy (non-hydrogen) atoms. The quantitative estimate of drug-likeness (QED) is 0.404. The highest BCUT2D eigenvalue weighted by Gasteiger charge is 2.35. The molecule has 9 nitrogen and oxygen atoms in total. The molecule has 1 saturated carbocycles. The highest BCUT2D eigenvalue weighted by molar-refractivity contribution is 5.96. The predicted octanol–water partition coefficient (Wildman–Crippen LogP) is 3.07. The second kappa shape index (κ2) is 11.5. The van der Waals surface area contributed by atoms with Gasteiger partial charge in [-0.1, -0.05) is 35.5 Å². The van der Waals surface area contributed by atoms with E-state index in [1.54, 1.807) is 0 Å². The van der Waals surface area contributed by atoms with E-state index in [1.165, 1.54) is 17.7 Å². The van der Waals surface area contributed by atoms with Crippen molar-refractivity contribution in [1.82, 2.24) is 36.2 Å². The first-order chi connectivity index (χ1) is 18.7. The van der Waals surface area contributed by atoms with E-state index in [4.69, 9.17) is 0 Å².